The Morgan fingerprint density at radius 2 is 1.83 bits per heavy atom. The Morgan fingerprint density at radius 1 is 1.07 bits per heavy atom. The minimum atomic E-state index is -0.236. The van der Waals surface area contributed by atoms with Gasteiger partial charge in [-0.2, -0.15) is 4.98 Å². The van der Waals surface area contributed by atoms with Crippen LogP contribution in [-0.2, 0) is 6.42 Å². The Bertz CT molecular complexity index is 1040. The van der Waals surface area contributed by atoms with Crippen molar-refractivity contribution in [2.75, 3.05) is 16.8 Å². The number of nitrogens with zero attached hydrogens (tertiary/aromatic N) is 3. The maximum atomic E-state index is 13.4. The second-order valence-corrected chi connectivity index (χ2v) is 7.49. The van der Waals surface area contributed by atoms with Gasteiger partial charge in [0.15, 0.2) is 0 Å². The summed E-state index contributed by atoms with van der Waals surface area (Å²) < 4.78 is 13.4. The van der Waals surface area contributed by atoms with Crippen LogP contribution in [0.15, 0.2) is 42.5 Å². The molecule has 29 heavy (non-hydrogen) atoms. The Hall–Kier alpha value is -2.66. The molecule has 1 N–H and O–H groups in total. The predicted octanol–water partition coefficient (Wildman–Crippen LogP) is 5.83. The van der Waals surface area contributed by atoms with Gasteiger partial charge in [0.2, 0.25) is 5.95 Å². The van der Waals surface area contributed by atoms with Crippen LogP contribution in [0.1, 0.15) is 40.9 Å². The molecule has 2 heterocycles. The molecule has 1 unspecified atom stereocenters. The molecule has 4 nitrogen and oxygen atoms in total. The molecule has 1 aliphatic heterocycles. The summed E-state index contributed by atoms with van der Waals surface area (Å²) in [5.74, 6) is 1.26. The number of hydrogen-bond acceptors (Lipinski definition) is 4. The van der Waals surface area contributed by atoms with Gasteiger partial charge in [0.1, 0.15) is 11.6 Å². The van der Waals surface area contributed by atoms with Crippen molar-refractivity contribution < 1.29 is 4.39 Å². The largest absolute Gasteiger partial charge is 0.340 e. The third-order valence-corrected chi connectivity index (χ3v) is 5.67. The van der Waals surface area contributed by atoms with Gasteiger partial charge in [-0.1, -0.05) is 24.3 Å². The van der Waals surface area contributed by atoms with Gasteiger partial charge in [-0.25, -0.2) is 9.37 Å². The fourth-order valence-corrected chi connectivity index (χ4v) is 3.80. The van der Waals surface area contributed by atoms with E-state index in [0.717, 1.165) is 47.2 Å². The summed E-state index contributed by atoms with van der Waals surface area (Å²) in [4.78, 5) is 11.9. The lowest BCUT2D eigenvalue weighted by molar-refractivity contribution is 0.607. The van der Waals surface area contributed by atoms with Gasteiger partial charge in [0, 0.05) is 23.5 Å². The molecule has 0 saturated carbocycles. The first-order chi connectivity index (χ1) is 13.4. The van der Waals surface area contributed by atoms with Gasteiger partial charge in [0.25, 0.3) is 0 Å². The molecule has 4 rings (SSSR count). The average Bonchev–Trinajstić information content (AvgIpc) is 2.68. The molecular formula is C23H26ClFN4. The number of halogens is 2. The number of fused-ring (bicyclic) bond motifs is 1. The summed E-state index contributed by atoms with van der Waals surface area (Å²) >= 11 is 0. The SMILES string of the molecule is Cc1cc(F)ccc1Nc1nc(N2CCc3ccccc3C2C)nc(C)c1C.Cl. The maximum Gasteiger partial charge on any atom is 0.228 e. The molecule has 1 atom stereocenters. The number of aromatic nitrogens is 2. The van der Waals surface area contributed by atoms with Crippen LogP contribution in [0.3, 0.4) is 0 Å². The number of rotatable bonds is 3. The lowest BCUT2D eigenvalue weighted by atomic mass is 9.94. The summed E-state index contributed by atoms with van der Waals surface area (Å²) in [6.07, 6.45) is 0.983. The van der Waals surface area contributed by atoms with Crippen LogP contribution in [0.5, 0.6) is 0 Å². The Kier molecular flexibility index (Phi) is 6.08. The molecule has 0 spiro atoms. The van der Waals surface area contributed by atoms with E-state index in [1.165, 1.54) is 23.3 Å². The van der Waals surface area contributed by atoms with Crippen molar-refractivity contribution in [1.82, 2.24) is 9.97 Å². The van der Waals surface area contributed by atoms with E-state index in [1.54, 1.807) is 6.07 Å². The van der Waals surface area contributed by atoms with Gasteiger partial charge >= 0.3 is 0 Å². The first kappa shape index (κ1) is 21.1. The van der Waals surface area contributed by atoms with Crippen molar-refractivity contribution in [2.45, 2.75) is 40.2 Å². The van der Waals surface area contributed by atoms with Crippen molar-refractivity contribution in [3.8, 4) is 0 Å². The minimum absolute atomic E-state index is 0. The second-order valence-electron chi connectivity index (χ2n) is 7.49. The van der Waals surface area contributed by atoms with E-state index in [-0.39, 0.29) is 24.3 Å². The summed E-state index contributed by atoms with van der Waals surface area (Å²) in [5, 5.41) is 3.38. The summed E-state index contributed by atoms with van der Waals surface area (Å²) in [7, 11) is 0. The number of anilines is 3. The molecule has 3 aromatic rings. The molecule has 152 valence electrons. The van der Waals surface area contributed by atoms with Crippen molar-refractivity contribution >= 4 is 29.9 Å². The molecule has 0 bridgehead atoms. The first-order valence-corrected chi connectivity index (χ1v) is 9.67. The fraction of sp³-hybridized carbons (Fsp3) is 0.304. The van der Waals surface area contributed by atoms with Crippen LogP contribution in [0.4, 0.5) is 21.8 Å². The zero-order valence-corrected chi connectivity index (χ0v) is 18.0. The lowest BCUT2D eigenvalue weighted by Gasteiger charge is -2.35. The molecular weight excluding hydrogens is 387 g/mol. The molecule has 0 saturated heterocycles. The molecule has 0 fully saturated rings. The Labute approximate surface area is 177 Å². The molecule has 2 aromatic carbocycles. The third kappa shape index (κ3) is 4.06. The lowest BCUT2D eigenvalue weighted by Crippen LogP contribution is -2.35. The molecule has 1 aromatic heterocycles. The topological polar surface area (TPSA) is 41.1 Å². The van der Waals surface area contributed by atoms with E-state index in [1.807, 2.05) is 20.8 Å². The van der Waals surface area contributed by atoms with E-state index < -0.39 is 0 Å². The maximum absolute atomic E-state index is 13.4. The van der Waals surface area contributed by atoms with Crippen molar-refractivity contribution in [1.29, 1.82) is 0 Å². The Balaban J connectivity index is 0.00000240. The van der Waals surface area contributed by atoms with Crippen LogP contribution in [-0.4, -0.2) is 16.5 Å². The summed E-state index contributed by atoms with van der Waals surface area (Å²) in [5.41, 5.74) is 6.37. The molecule has 0 radical (unpaired) electrons. The van der Waals surface area contributed by atoms with Gasteiger partial charge < -0.3 is 10.2 Å². The van der Waals surface area contributed by atoms with Crippen molar-refractivity contribution in [3.05, 3.63) is 76.2 Å². The van der Waals surface area contributed by atoms with Gasteiger partial charge in [-0.05, 0) is 69.0 Å². The standard InChI is InChI=1S/C23H25FN4.ClH/c1-14-13-19(24)9-10-21(14)26-22-15(2)16(3)25-23(27-22)28-12-11-18-7-5-6-8-20(18)17(28)4;/h5-10,13,17H,11-12H2,1-4H3,(H,25,26,27);1H. The zero-order valence-electron chi connectivity index (χ0n) is 17.2. The number of hydrogen-bond donors (Lipinski definition) is 1. The predicted molar refractivity (Wildman–Crippen MR) is 119 cm³/mol. The summed E-state index contributed by atoms with van der Waals surface area (Å²) in [6.45, 7) is 8.99. The highest BCUT2D eigenvalue weighted by Crippen LogP contribution is 2.33. The van der Waals surface area contributed by atoms with Crippen molar-refractivity contribution in [2.24, 2.45) is 0 Å². The monoisotopic (exact) mass is 412 g/mol. The summed E-state index contributed by atoms with van der Waals surface area (Å²) in [6, 6.07) is 13.5. The van der Waals surface area contributed by atoms with Crippen LogP contribution in [0.2, 0.25) is 0 Å². The van der Waals surface area contributed by atoms with Gasteiger partial charge in [-0.3, -0.25) is 0 Å². The van der Waals surface area contributed by atoms with E-state index >= 15 is 0 Å². The fourth-order valence-electron chi connectivity index (χ4n) is 3.80. The quantitative estimate of drug-likeness (QED) is 0.587. The van der Waals surface area contributed by atoms with Gasteiger partial charge in [0.05, 0.1) is 6.04 Å². The number of aryl methyl sites for hydroxylation is 2. The highest BCUT2D eigenvalue weighted by Gasteiger charge is 2.26. The Morgan fingerprint density at radius 3 is 2.59 bits per heavy atom. The normalized spacial score (nSPS) is 15.5. The van der Waals surface area contributed by atoms with E-state index in [9.17, 15) is 4.39 Å². The third-order valence-electron chi connectivity index (χ3n) is 5.67. The van der Waals surface area contributed by atoms with E-state index in [0.29, 0.717) is 0 Å². The highest BCUT2D eigenvalue weighted by atomic mass is 35.5. The van der Waals surface area contributed by atoms with E-state index in [2.05, 4.69) is 41.4 Å². The van der Waals surface area contributed by atoms with Crippen LogP contribution in [0, 0.1) is 26.6 Å². The number of nitrogens with one attached hydrogen (secondary N) is 1. The van der Waals surface area contributed by atoms with E-state index in [4.69, 9.17) is 9.97 Å². The number of benzene rings is 2. The minimum Gasteiger partial charge on any atom is -0.340 e. The van der Waals surface area contributed by atoms with Crippen LogP contribution >= 0.6 is 12.4 Å². The first-order valence-electron chi connectivity index (χ1n) is 9.67. The molecule has 0 aliphatic carbocycles. The van der Waals surface area contributed by atoms with Crippen molar-refractivity contribution in [3.63, 3.8) is 0 Å². The highest BCUT2D eigenvalue weighted by molar-refractivity contribution is 5.85. The second kappa shape index (κ2) is 8.37. The zero-order chi connectivity index (χ0) is 19.8. The smallest absolute Gasteiger partial charge is 0.228 e. The average molecular weight is 413 g/mol. The molecule has 6 heteroatoms. The van der Waals surface area contributed by atoms with Crippen LogP contribution in [0.25, 0.3) is 0 Å². The molecule has 1 aliphatic rings. The van der Waals surface area contributed by atoms with Crippen LogP contribution < -0.4 is 10.2 Å². The molecule has 0 amide bonds. The van der Waals surface area contributed by atoms with Gasteiger partial charge in [-0.15, -0.1) is 12.4 Å².